The summed E-state index contributed by atoms with van der Waals surface area (Å²) in [4.78, 5) is 4.17. The lowest BCUT2D eigenvalue weighted by Gasteiger charge is -2.03. The molecule has 0 aliphatic rings. The van der Waals surface area contributed by atoms with Crippen LogP contribution in [-0.4, -0.2) is 4.98 Å². The monoisotopic (exact) mass is 313 g/mol. The highest BCUT2D eigenvalue weighted by Crippen LogP contribution is 2.39. The molecule has 1 nitrogen and oxygen atoms in total. The minimum atomic E-state index is 0.490. The fourth-order valence-corrected chi connectivity index (χ4v) is 4.30. The zero-order valence-electron chi connectivity index (χ0n) is 6.96. The van der Waals surface area contributed by atoms with Gasteiger partial charge in [-0.15, -0.1) is 0 Å². The average molecular weight is 315 g/mol. The van der Waals surface area contributed by atoms with E-state index < -0.39 is 0 Å². The summed E-state index contributed by atoms with van der Waals surface area (Å²) < 4.78 is 0.581. The molecule has 1 heterocycles. The lowest BCUT2D eigenvalue weighted by molar-refractivity contribution is 1.41. The molecule has 0 aliphatic heterocycles. The van der Waals surface area contributed by atoms with Crippen molar-refractivity contribution in [2.75, 3.05) is 0 Å². The molecule has 0 unspecified atom stereocenters. The lowest BCUT2D eigenvalue weighted by Crippen LogP contribution is -1.81. The minimum Gasteiger partial charge on any atom is -0.214 e. The average Bonchev–Trinajstić information content (AvgIpc) is 2.49. The summed E-state index contributed by atoms with van der Waals surface area (Å²) in [7, 11) is 2.87. The number of halogens is 3. The van der Waals surface area contributed by atoms with Gasteiger partial charge in [0.25, 0.3) is 0 Å². The molecule has 2 rings (SSSR count). The minimum absolute atomic E-state index is 0.490. The van der Waals surface area contributed by atoms with Gasteiger partial charge in [0.1, 0.15) is 5.01 Å². The van der Waals surface area contributed by atoms with Gasteiger partial charge in [-0.05, 0) is 34.7 Å². The van der Waals surface area contributed by atoms with Gasteiger partial charge in [0.2, 0.25) is 0 Å². The number of hydrogen-bond acceptors (Lipinski definition) is 4. The second-order valence-corrected chi connectivity index (χ2v) is 6.60. The first-order chi connectivity index (χ1) is 7.08. The molecule has 78 valence electrons. The van der Waals surface area contributed by atoms with E-state index in [9.17, 15) is 0 Å². The molecule has 0 spiro atoms. The highest BCUT2D eigenvalue weighted by Gasteiger charge is 2.13. The van der Waals surface area contributed by atoms with Crippen molar-refractivity contribution in [1.29, 1.82) is 0 Å². The van der Waals surface area contributed by atoms with Gasteiger partial charge < -0.3 is 0 Å². The molecule has 0 aliphatic carbocycles. The quantitative estimate of drug-likeness (QED) is 0.505. The van der Waals surface area contributed by atoms with E-state index in [-0.39, 0.29) is 0 Å². The molecule has 0 radical (unpaired) electrons. The van der Waals surface area contributed by atoms with Crippen molar-refractivity contribution in [2.45, 2.75) is 0 Å². The summed E-state index contributed by atoms with van der Waals surface area (Å²) in [5, 5.41) is 2.22. The van der Waals surface area contributed by atoms with Crippen molar-refractivity contribution in [3.05, 3.63) is 31.2 Å². The molecular formula is C8H2Cl3NS3. The summed E-state index contributed by atoms with van der Waals surface area (Å²) in [6.07, 6.45) is 0. The SMILES string of the molecule is S=c1nc(-c2c(Cl)cc(Cl)cc2Cl)ss1. The van der Waals surface area contributed by atoms with E-state index in [1.807, 2.05) is 0 Å². The molecule has 0 atom stereocenters. The third-order valence-electron chi connectivity index (χ3n) is 1.61. The van der Waals surface area contributed by atoms with Crippen LogP contribution >= 0.6 is 67.7 Å². The van der Waals surface area contributed by atoms with Crippen molar-refractivity contribution < 1.29 is 0 Å². The Morgan fingerprint density at radius 2 is 1.67 bits per heavy atom. The molecule has 0 amide bonds. The molecule has 0 bridgehead atoms. The first-order valence-electron chi connectivity index (χ1n) is 3.70. The van der Waals surface area contributed by atoms with Gasteiger partial charge >= 0.3 is 0 Å². The second-order valence-electron chi connectivity index (χ2n) is 2.59. The fraction of sp³-hybridized carbons (Fsp3) is 0. The zero-order valence-corrected chi connectivity index (χ0v) is 11.7. The van der Waals surface area contributed by atoms with Gasteiger partial charge in [0.05, 0.1) is 10.0 Å². The standard InChI is InChI=1S/C8H2Cl3NS3/c9-3-1-4(10)6(5(11)2-3)7-12-8(13)15-14-7/h1-2H. The molecule has 0 fully saturated rings. The van der Waals surface area contributed by atoms with E-state index in [2.05, 4.69) is 4.98 Å². The highest BCUT2D eigenvalue weighted by atomic mass is 35.5. The molecule has 0 saturated carbocycles. The van der Waals surface area contributed by atoms with Crippen molar-refractivity contribution in [2.24, 2.45) is 0 Å². The number of nitrogens with zero attached hydrogens (tertiary/aromatic N) is 1. The predicted octanol–water partition coefficient (Wildman–Crippen LogP) is 5.56. The normalized spacial score (nSPS) is 10.6. The number of benzene rings is 1. The Labute approximate surface area is 114 Å². The largest absolute Gasteiger partial charge is 0.214 e. The van der Waals surface area contributed by atoms with E-state index in [1.165, 1.54) is 20.7 Å². The van der Waals surface area contributed by atoms with Crippen LogP contribution in [0.2, 0.25) is 15.1 Å². The van der Waals surface area contributed by atoms with Crippen molar-refractivity contribution in [3.8, 4) is 10.6 Å². The lowest BCUT2D eigenvalue weighted by atomic mass is 10.2. The Morgan fingerprint density at radius 3 is 2.13 bits per heavy atom. The van der Waals surface area contributed by atoms with E-state index in [1.54, 1.807) is 12.1 Å². The molecule has 15 heavy (non-hydrogen) atoms. The molecule has 0 saturated heterocycles. The van der Waals surface area contributed by atoms with Crippen LogP contribution in [0.4, 0.5) is 0 Å². The molecule has 2 aromatic rings. The third-order valence-corrected chi connectivity index (χ3v) is 5.05. The Morgan fingerprint density at radius 1 is 1.07 bits per heavy atom. The van der Waals surface area contributed by atoms with Crippen LogP contribution in [0.5, 0.6) is 0 Å². The second kappa shape index (κ2) is 4.65. The first-order valence-corrected chi connectivity index (χ1v) is 7.39. The molecular weight excluding hydrogens is 313 g/mol. The van der Waals surface area contributed by atoms with Crippen LogP contribution in [0.25, 0.3) is 10.6 Å². The van der Waals surface area contributed by atoms with E-state index >= 15 is 0 Å². The number of hydrogen-bond donors (Lipinski definition) is 0. The van der Waals surface area contributed by atoms with Crippen LogP contribution in [0.3, 0.4) is 0 Å². The topological polar surface area (TPSA) is 12.9 Å². The van der Waals surface area contributed by atoms with Crippen LogP contribution in [-0.2, 0) is 0 Å². The summed E-state index contributed by atoms with van der Waals surface area (Å²) in [6, 6.07) is 3.28. The van der Waals surface area contributed by atoms with Crippen molar-refractivity contribution >= 4 is 67.7 Å². The van der Waals surface area contributed by atoms with Gasteiger partial charge in [-0.25, -0.2) is 4.98 Å². The Bertz CT molecular complexity index is 537. The third kappa shape index (κ3) is 2.52. The fourth-order valence-electron chi connectivity index (χ4n) is 1.04. The first kappa shape index (κ1) is 11.8. The van der Waals surface area contributed by atoms with Gasteiger partial charge in [0.15, 0.2) is 3.95 Å². The van der Waals surface area contributed by atoms with E-state index in [0.717, 1.165) is 5.01 Å². The van der Waals surface area contributed by atoms with Gasteiger partial charge in [-0.3, -0.25) is 0 Å². The zero-order chi connectivity index (χ0) is 11.0. The van der Waals surface area contributed by atoms with E-state index in [4.69, 9.17) is 47.0 Å². The summed E-state index contributed by atoms with van der Waals surface area (Å²) in [5.41, 5.74) is 0.695. The Hall–Kier alpha value is 0.290. The highest BCUT2D eigenvalue weighted by molar-refractivity contribution is 7.79. The van der Waals surface area contributed by atoms with Gasteiger partial charge in [0, 0.05) is 10.6 Å². The van der Waals surface area contributed by atoms with E-state index in [0.29, 0.717) is 24.6 Å². The van der Waals surface area contributed by atoms with Crippen LogP contribution < -0.4 is 0 Å². The molecule has 1 aromatic carbocycles. The van der Waals surface area contributed by atoms with Crippen LogP contribution in [0.1, 0.15) is 0 Å². The molecule has 7 heteroatoms. The molecule has 0 N–H and O–H groups in total. The molecule has 1 aromatic heterocycles. The Kier molecular flexibility index (Phi) is 3.65. The Balaban J connectivity index is 2.67. The smallest absolute Gasteiger partial charge is 0.191 e. The van der Waals surface area contributed by atoms with Crippen molar-refractivity contribution in [1.82, 2.24) is 4.98 Å². The maximum Gasteiger partial charge on any atom is 0.191 e. The predicted molar refractivity (Wildman–Crippen MR) is 71.3 cm³/mol. The van der Waals surface area contributed by atoms with Gasteiger partial charge in [-0.2, -0.15) is 0 Å². The summed E-state index contributed by atoms with van der Waals surface area (Å²) in [6.45, 7) is 0. The summed E-state index contributed by atoms with van der Waals surface area (Å²) >= 11 is 22.9. The maximum atomic E-state index is 6.05. The van der Waals surface area contributed by atoms with Crippen LogP contribution in [0, 0.1) is 3.95 Å². The van der Waals surface area contributed by atoms with Crippen molar-refractivity contribution in [3.63, 3.8) is 0 Å². The van der Waals surface area contributed by atoms with Gasteiger partial charge in [-0.1, -0.05) is 45.1 Å². The summed E-state index contributed by atoms with van der Waals surface area (Å²) in [5.74, 6) is 0. The number of rotatable bonds is 1. The number of aromatic nitrogens is 1. The van der Waals surface area contributed by atoms with Crippen LogP contribution in [0.15, 0.2) is 12.1 Å². The maximum absolute atomic E-state index is 6.05.